The van der Waals surface area contributed by atoms with Crippen LogP contribution in [0.3, 0.4) is 0 Å². The summed E-state index contributed by atoms with van der Waals surface area (Å²) in [5.74, 6) is -1.34. The molecule has 1 N–H and O–H groups in total. The first-order chi connectivity index (χ1) is 17.6. The largest absolute Gasteiger partial charge is 0.324 e. The quantitative estimate of drug-likeness (QED) is 0.342. The van der Waals surface area contributed by atoms with Crippen molar-refractivity contribution in [2.45, 2.75) is 12.5 Å². The number of imidazole rings is 1. The van der Waals surface area contributed by atoms with Gasteiger partial charge in [-0.15, -0.1) is 11.3 Å². The standard InChI is InChI=1S/C28H20N4O3S/c33-25(29-20-12-10-19(11-13-20)23-17-31-14-15-36-28(31)30-23)24(16-18-6-2-1-3-7-18)32-26(34)21-8-4-5-9-22(21)27(32)35/h1-15,17,24H,16H2,(H,29,33). The van der Waals surface area contributed by atoms with E-state index in [1.54, 1.807) is 47.7 Å². The van der Waals surface area contributed by atoms with Gasteiger partial charge in [0.15, 0.2) is 4.96 Å². The molecule has 1 aliphatic heterocycles. The van der Waals surface area contributed by atoms with Crippen LogP contribution in [0, 0.1) is 0 Å². The average Bonchev–Trinajstić information content (AvgIpc) is 3.58. The zero-order chi connectivity index (χ0) is 24.6. The molecule has 0 fully saturated rings. The number of carbonyl (C=O) groups is 3. The number of carbonyl (C=O) groups excluding carboxylic acids is 3. The summed E-state index contributed by atoms with van der Waals surface area (Å²) >= 11 is 1.56. The molecule has 8 heteroatoms. The van der Waals surface area contributed by atoms with Crippen molar-refractivity contribution in [1.82, 2.24) is 14.3 Å². The summed E-state index contributed by atoms with van der Waals surface area (Å²) in [5, 5.41) is 4.88. The normalized spacial score (nSPS) is 13.7. The Morgan fingerprint density at radius 3 is 2.22 bits per heavy atom. The molecule has 1 aliphatic rings. The topological polar surface area (TPSA) is 83.8 Å². The van der Waals surface area contributed by atoms with E-state index in [1.165, 1.54) is 0 Å². The molecule has 0 bridgehead atoms. The van der Waals surface area contributed by atoms with Crippen LogP contribution in [0.2, 0.25) is 0 Å². The van der Waals surface area contributed by atoms with Gasteiger partial charge in [0, 0.05) is 35.4 Å². The minimum Gasteiger partial charge on any atom is -0.324 e. The van der Waals surface area contributed by atoms with Gasteiger partial charge in [-0.2, -0.15) is 0 Å². The molecule has 0 aliphatic carbocycles. The van der Waals surface area contributed by atoms with E-state index in [0.717, 1.165) is 26.7 Å². The van der Waals surface area contributed by atoms with Crippen molar-refractivity contribution in [1.29, 1.82) is 0 Å². The summed E-state index contributed by atoms with van der Waals surface area (Å²) in [5.41, 5.74) is 3.82. The second-order valence-corrected chi connectivity index (χ2v) is 9.39. The van der Waals surface area contributed by atoms with Crippen LogP contribution in [0.15, 0.2) is 96.6 Å². The lowest BCUT2D eigenvalue weighted by atomic mass is 10.0. The van der Waals surface area contributed by atoms with Gasteiger partial charge in [-0.1, -0.05) is 54.6 Å². The first-order valence-electron chi connectivity index (χ1n) is 11.4. The zero-order valence-corrected chi connectivity index (χ0v) is 19.8. The highest BCUT2D eigenvalue weighted by atomic mass is 32.1. The number of nitrogens with zero attached hydrogens (tertiary/aromatic N) is 3. The predicted molar refractivity (Wildman–Crippen MR) is 138 cm³/mol. The van der Waals surface area contributed by atoms with E-state index in [2.05, 4.69) is 10.3 Å². The summed E-state index contributed by atoms with van der Waals surface area (Å²) in [6, 6.07) is 22.4. The molecule has 0 saturated carbocycles. The van der Waals surface area contributed by atoms with Crippen LogP contribution in [0.25, 0.3) is 16.2 Å². The van der Waals surface area contributed by atoms with Gasteiger partial charge in [0.25, 0.3) is 11.8 Å². The first-order valence-corrected chi connectivity index (χ1v) is 12.3. The third-order valence-electron chi connectivity index (χ3n) is 6.25. The zero-order valence-electron chi connectivity index (χ0n) is 19.0. The number of amides is 3. The Hall–Kier alpha value is -4.56. The number of nitrogens with one attached hydrogen (secondary N) is 1. The Balaban J connectivity index is 1.27. The summed E-state index contributed by atoms with van der Waals surface area (Å²) in [4.78, 5) is 46.4. The minimum atomic E-state index is -1.00. The number of benzene rings is 3. The van der Waals surface area contributed by atoms with Gasteiger partial charge in [0.05, 0.1) is 16.8 Å². The second-order valence-electron chi connectivity index (χ2n) is 8.52. The third kappa shape index (κ3) is 3.87. The average molecular weight is 493 g/mol. The Kier molecular flexibility index (Phi) is 5.42. The highest BCUT2D eigenvalue weighted by molar-refractivity contribution is 7.15. The lowest BCUT2D eigenvalue weighted by Gasteiger charge is -2.25. The number of thiazole rings is 1. The van der Waals surface area contributed by atoms with Crippen LogP contribution in [0.5, 0.6) is 0 Å². The Labute approximate surface area is 210 Å². The fraction of sp³-hybridized carbons (Fsp3) is 0.0714. The van der Waals surface area contributed by atoms with Crippen LogP contribution >= 0.6 is 11.3 Å². The lowest BCUT2D eigenvalue weighted by molar-refractivity contribution is -0.119. The molecule has 2 aromatic heterocycles. The van der Waals surface area contributed by atoms with E-state index in [9.17, 15) is 14.4 Å². The first kappa shape index (κ1) is 21.9. The maximum absolute atomic E-state index is 13.5. The predicted octanol–water partition coefficient (Wildman–Crippen LogP) is 4.91. The highest BCUT2D eigenvalue weighted by Crippen LogP contribution is 2.27. The van der Waals surface area contributed by atoms with Crippen molar-refractivity contribution in [2.24, 2.45) is 0 Å². The molecule has 0 radical (unpaired) electrons. The van der Waals surface area contributed by atoms with Gasteiger partial charge in [-0.05, 0) is 29.8 Å². The molecule has 6 rings (SSSR count). The van der Waals surface area contributed by atoms with Gasteiger partial charge in [0.1, 0.15) is 6.04 Å². The molecule has 176 valence electrons. The highest BCUT2D eigenvalue weighted by Gasteiger charge is 2.42. The lowest BCUT2D eigenvalue weighted by Crippen LogP contribution is -2.48. The fourth-order valence-corrected chi connectivity index (χ4v) is 5.15. The third-order valence-corrected chi connectivity index (χ3v) is 7.02. The van der Waals surface area contributed by atoms with Gasteiger partial charge in [-0.3, -0.25) is 23.7 Å². The van der Waals surface area contributed by atoms with E-state index in [-0.39, 0.29) is 6.42 Å². The van der Waals surface area contributed by atoms with Crippen molar-refractivity contribution >= 4 is 39.7 Å². The number of imide groups is 1. The molecule has 36 heavy (non-hydrogen) atoms. The summed E-state index contributed by atoms with van der Waals surface area (Å²) in [6.45, 7) is 0. The van der Waals surface area contributed by atoms with E-state index in [1.807, 2.05) is 64.6 Å². The molecule has 1 atom stereocenters. The summed E-state index contributed by atoms with van der Waals surface area (Å²) in [6.07, 6.45) is 4.12. The van der Waals surface area contributed by atoms with Crippen LogP contribution in [-0.2, 0) is 11.2 Å². The molecule has 3 amide bonds. The van der Waals surface area contributed by atoms with E-state index < -0.39 is 23.8 Å². The molecule has 0 spiro atoms. The van der Waals surface area contributed by atoms with Gasteiger partial charge >= 0.3 is 0 Å². The molecule has 1 unspecified atom stereocenters. The van der Waals surface area contributed by atoms with Gasteiger partial charge in [0.2, 0.25) is 5.91 Å². The monoisotopic (exact) mass is 492 g/mol. The van der Waals surface area contributed by atoms with Crippen LogP contribution < -0.4 is 5.32 Å². The van der Waals surface area contributed by atoms with Gasteiger partial charge < -0.3 is 5.32 Å². The van der Waals surface area contributed by atoms with Crippen LogP contribution in [0.4, 0.5) is 5.69 Å². The number of fused-ring (bicyclic) bond motifs is 2. The second kappa shape index (κ2) is 8.90. The van der Waals surface area contributed by atoms with Gasteiger partial charge in [-0.25, -0.2) is 4.98 Å². The molecular weight excluding hydrogens is 472 g/mol. The summed E-state index contributed by atoms with van der Waals surface area (Å²) in [7, 11) is 0. The number of hydrogen-bond donors (Lipinski definition) is 1. The molecule has 3 aromatic carbocycles. The maximum atomic E-state index is 13.5. The molecular formula is C28H20N4O3S. The Bertz CT molecular complexity index is 1540. The molecule has 5 aromatic rings. The number of anilines is 1. The number of rotatable bonds is 6. The van der Waals surface area contributed by atoms with Crippen molar-refractivity contribution in [3.8, 4) is 11.3 Å². The van der Waals surface area contributed by atoms with Crippen LogP contribution in [0.1, 0.15) is 26.3 Å². The Morgan fingerprint density at radius 1 is 0.889 bits per heavy atom. The number of aromatic nitrogens is 2. The maximum Gasteiger partial charge on any atom is 0.262 e. The van der Waals surface area contributed by atoms with Crippen LogP contribution in [-0.4, -0.2) is 38.0 Å². The smallest absolute Gasteiger partial charge is 0.262 e. The Morgan fingerprint density at radius 2 is 1.56 bits per heavy atom. The fourth-order valence-electron chi connectivity index (χ4n) is 4.45. The summed E-state index contributed by atoms with van der Waals surface area (Å²) < 4.78 is 1.96. The van der Waals surface area contributed by atoms with Crippen molar-refractivity contribution in [3.63, 3.8) is 0 Å². The minimum absolute atomic E-state index is 0.210. The number of hydrogen-bond acceptors (Lipinski definition) is 5. The molecule has 3 heterocycles. The van der Waals surface area contributed by atoms with E-state index >= 15 is 0 Å². The van der Waals surface area contributed by atoms with Crippen molar-refractivity contribution in [3.05, 3.63) is 113 Å². The molecule has 7 nitrogen and oxygen atoms in total. The van der Waals surface area contributed by atoms with E-state index in [0.29, 0.717) is 16.8 Å². The molecule has 0 saturated heterocycles. The SMILES string of the molecule is O=C(Nc1ccc(-c2cn3ccsc3n2)cc1)C(Cc1ccccc1)N1C(=O)c2ccccc2C1=O. The van der Waals surface area contributed by atoms with Crippen molar-refractivity contribution < 1.29 is 14.4 Å². The van der Waals surface area contributed by atoms with E-state index in [4.69, 9.17) is 0 Å². The van der Waals surface area contributed by atoms with Crippen molar-refractivity contribution in [2.75, 3.05) is 5.32 Å².